The highest BCUT2D eigenvalue weighted by Crippen LogP contribution is 2.11. The van der Waals surface area contributed by atoms with Crippen molar-refractivity contribution in [2.75, 3.05) is 27.2 Å². The van der Waals surface area contributed by atoms with Gasteiger partial charge in [0.05, 0.1) is 11.2 Å². The van der Waals surface area contributed by atoms with Crippen LogP contribution in [0.5, 0.6) is 0 Å². The summed E-state index contributed by atoms with van der Waals surface area (Å²) < 4.78 is 13.6. The molecule has 0 spiro atoms. The van der Waals surface area contributed by atoms with Gasteiger partial charge in [-0.25, -0.2) is 9.18 Å². The maximum Gasteiger partial charge on any atom is 0.335 e. The van der Waals surface area contributed by atoms with Gasteiger partial charge in [0.25, 0.3) is 0 Å². The number of carboxylic acids is 1. The highest BCUT2D eigenvalue weighted by molar-refractivity contribution is 5.87. The smallest absolute Gasteiger partial charge is 0.335 e. The van der Waals surface area contributed by atoms with Gasteiger partial charge in [-0.15, -0.1) is 0 Å². The summed E-state index contributed by atoms with van der Waals surface area (Å²) in [6.07, 6.45) is 0. The van der Waals surface area contributed by atoms with Crippen LogP contribution in [-0.2, 0) is 6.54 Å². The van der Waals surface area contributed by atoms with Gasteiger partial charge in [0, 0.05) is 25.2 Å². The van der Waals surface area contributed by atoms with Crippen LogP contribution in [-0.4, -0.2) is 53.9 Å². The fourth-order valence-electron chi connectivity index (χ4n) is 2.05. The number of carbonyl (C=O) groups is 1. The number of rotatable bonds is 7. The third-order valence-corrected chi connectivity index (χ3v) is 2.77. The van der Waals surface area contributed by atoms with Gasteiger partial charge >= 0.3 is 5.97 Å². The molecule has 0 fully saturated rings. The summed E-state index contributed by atoms with van der Waals surface area (Å²) in [5.41, 5.74) is -0.626. The Bertz CT molecular complexity index is 475. The number of benzene rings is 1. The number of likely N-dealkylation sites (N-methyl/N-ethyl adjacent to an activating group) is 1. The normalized spacial score (nSPS) is 14.3. The van der Waals surface area contributed by atoms with Crippen molar-refractivity contribution in [2.45, 2.75) is 19.1 Å². The number of carboxylic acid groups (broad SMARTS) is 1. The summed E-state index contributed by atoms with van der Waals surface area (Å²) in [5.74, 6) is -1.55. The van der Waals surface area contributed by atoms with Gasteiger partial charge < -0.3 is 20.4 Å². The molecule has 0 amide bonds. The van der Waals surface area contributed by atoms with Crippen LogP contribution in [0.2, 0.25) is 0 Å². The van der Waals surface area contributed by atoms with Crippen LogP contribution in [0.3, 0.4) is 0 Å². The third kappa shape index (κ3) is 5.24. The van der Waals surface area contributed by atoms with E-state index >= 15 is 0 Å². The first-order chi connectivity index (χ1) is 9.21. The number of nitrogens with zero attached hydrogens (tertiary/aromatic N) is 1. The van der Waals surface area contributed by atoms with Gasteiger partial charge in [0.2, 0.25) is 0 Å². The Hall–Kier alpha value is -1.50. The Morgan fingerprint density at radius 2 is 2.10 bits per heavy atom. The van der Waals surface area contributed by atoms with E-state index in [9.17, 15) is 14.3 Å². The number of aliphatic hydroxyl groups is 1. The van der Waals surface area contributed by atoms with Crippen LogP contribution in [0.4, 0.5) is 4.39 Å². The lowest BCUT2D eigenvalue weighted by atomic mass is 10.1. The Labute approximate surface area is 118 Å². The number of hydrogen-bond acceptors (Lipinski definition) is 4. The van der Waals surface area contributed by atoms with Gasteiger partial charge in [-0.2, -0.15) is 0 Å². The van der Waals surface area contributed by atoms with E-state index in [0.717, 1.165) is 6.07 Å². The minimum absolute atomic E-state index is 0.0447. The van der Waals surface area contributed by atoms with E-state index in [-0.39, 0.29) is 24.2 Å². The molecule has 3 N–H and O–H groups in total. The van der Waals surface area contributed by atoms with Crippen molar-refractivity contribution in [2.24, 2.45) is 0 Å². The topological polar surface area (TPSA) is 72.8 Å². The van der Waals surface area contributed by atoms with Gasteiger partial charge in [-0.1, -0.05) is 0 Å². The third-order valence-electron chi connectivity index (χ3n) is 2.77. The van der Waals surface area contributed by atoms with Crippen molar-refractivity contribution < 1.29 is 19.4 Å². The van der Waals surface area contributed by atoms with Crippen molar-refractivity contribution >= 4 is 5.97 Å². The maximum absolute atomic E-state index is 13.6. The molecule has 0 heterocycles. The molecule has 1 unspecified atom stereocenters. The van der Waals surface area contributed by atoms with E-state index in [0.29, 0.717) is 6.54 Å². The lowest BCUT2D eigenvalue weighted by molar-refractivity contribution is 0.0335. The number of nitrogens with one attached hydrogen (secondary N) is 1. The molecule has 6 heteroatoms. The van der Waals surface area contributed by atoms with E-state index in [4.69, 9.17) is 5.11 Å². The van der Waals surface area contributed by atoms with Crippen molar-refractivity contribution in [3.05, 3.63) is 35.1 Å². The van der Waals surface area contributed by atoms with Crippen LogP contribution in [0.1, 0.15) is 22.8 Å². The van der Waals surface area contributed by atoms with E-state index in [1.54, 1.807) is 6.92 Å². The molecule has 1 aromatic carbocycles. The lowest BCUT2D eigenvalue weighted by Gasteiger charge is -2.27. The van der Waals surface area contributed by atoms with Gasteiger partial charge in [-0.3, -0.25) is 0 Å². The van der Waals surface area contributed by atoms with Gasteiger partial charge in [0.1, 0.15) is 5.82 Å². The second-order valence-corrected chi connectivity index (χ2v) is 5.45. The van der Waals surface area contributed by atoms with Crippen molar-refractivity contribution in [3.63, 3.8) is 0 Å². The second-order valence-electron chi connectivity index (χ2n) is 5.45. The molecule has 0 aliphatic rings. The van der Waals surface area contributed by atoms with E-state index in [2.05, 4.69) is 5.32 Å². The number of hydrogen-bond donors (Lipinski definition) is 3. The lowest BCUT2D eigenvalue weighted by Crippen LogP contribution is -2.45. The summed E-state index contributed by atoms with van der Waals surface area (Å²) in [5, 5.41) is 21.9. The Kier molecular flexibility index (Phi) is 5.62. The van der Waals surface area contributed by atoms with Crippen LogP contribution in [0.25, 0.3) is 0 Å². The zero-order valence-corrected chi connectivity index (χ0v) is 12.0. The first kappa shape index (κ1) is 16.6. The molecule has 0 saturated carbocycles. The van der Waals surface area contributed by atoms with Gasteiger partial charge in [0.15, 0.2) is 0 Å². The Morgan fingerprint density at radius 1 is 1.45 bits per heavy atom. The number of halogens is 1. The molecular weight excluding hydrogens is 263 g/mol. The molecule has 1 atom stereocenters. The molecular formula is C14H21FN2O3. The zero-order valence-electron chi connectivity index (χ0n) is 12.0. The Morgan fingerprint density at radius 3 is 2.65 bits per heavy atom. The van der Waals surface area contributed by atoms with Crippen molar-refractivity contribution in [1.29, 1.82) is 0 Å². The average Bonchev–Trinajstić information content (AvgIpc) is 2.29. The molecule has 0 aromatic heterocycles. The van der Waals surface area contributed by atoms with E-state index < -0.39 is 17.4 Å². The first-order valence-corrected chi connectivity index (χ1v) is 6.31. The van der Waals surface area contributed by atoms with Crippen LogP contribution in [0, 0.1) is 5.82 Å². The average molecular weight is 284 g/mol. The Balaban J connectivity index is 2.62. The van der Waals surface area contributed by atoms with Crippen LogP contribution < -0.4 is 5.32 Å². The minimum atomic E-state index is -1.09. The molecule has 0 aliphatic carbocycles. The van der Waals surface area contributed by atoms with Crippen LogP contribution >= 0.6 is 0 Å². The fraction of sp³-hybridized carbons (Fsp3) is 0.500. The minimum Gasteiger partial charge on any atom is -0.478 e. The number of aromatic carboxylic acids is 1. The second kappa shape index (κ2) is 6.78. The molecule has 0 saturated heterocycles. The predicted octanol–water partition coefficient (Wildman–Crippen LogP) is 0.926. The largest absolute Gasteiger partial charge is 0.478 e. The van der Waals surface area contributed by atoms with Crippen molar-refractivity contribution in [3.8, 4) is 0 Å². The highest BCUT2D eigenvalue weighted by Gasteiger charge is 2.20. The maximum atomic E-state index is 13.6. The zero-order chi connectivity index (χ0) is 15.3. The van der Waals surface area contributed by atoms with Crippen molar-refractivity contribution in [1.82, 2.24) is 10.2 Å². The van der Waals surface area contributed by atoms with Crippen LogP contribution in [0.15, 0.2) is 18.2 Å². The van der Waals surface area contributed by atoms with E-state index in [1.807, 2.05) is 19.0 Å². The van der Waals surface area contributed by atoms with E-state index in [1.165, 1.54) is 12.1 Å². The molecule has 20 heavy (non-hydrogen) atoms. The molecule has 0 aliphatic heterocycles. The monoisotopic (exact) mass is 284 g/mol. The predicted molar refractivity (Wildman–Crippen MR) is 74.2 cm³/mol. The standard InChI is InChI=1S/C14H21FN2O3/c1-14(20,9-17(2)3)8-16-7-11-6-10(13(18)19)4-5-12(11)15/h4-6,16,20H,7-9H2,1-3H3,(H,18,19). The SMILES string of the molecule is CN(C)CC(C)(O)CNCc1cc(C(=O)O)ccc1F. The quantitative estimate of drug-likeness (QED) is 0.694. The summed E-state index contributed by atoms with van der Waals surface area (Å²) in [4.78, 5) is 12.7. The summed E-state index contributed by atoms with van der Waals surface area (Å²) in [7, 11) is 3.70. The molecule has 112 valence electrons. The highest BCUT2D eigenvalue weighted by atomic mass is 19.1. The summed E-state index contributed by atoms with van der Waals surface area (Å²) in [6, 6.07) is 3.66. The molecule has 5 nitrogen and oxygen atoms in total. The summed E-state index contributed by atoms with van der Waals surface area (Å²) >= 11 is 0. The molecule has 0 bridgehead atoms. The molecule has 1 rings (SSSR count). The van der Waals surface area contributed by atoms with Gasteiger partial charge in [-0.05, 0) is 39.2 Å². The summed E-state index contributed by atoms with van der Waals surface area (Å²) in [6.45, 7) is 2.60. The molecule has 0 radical (unpaired) electrons. The molecule has 1 aromatic rings. The fourth-order valence-corrected chi connectivity index (χ4v) is 2.05. The first-order valence-electron chi connectivity index (χ1n) is 6.31.